The van der Waals surface area contributed by atoms with Crippen molar-refractivity contribution in [2.45, 2.75) is 144 Å². The molecule has 0 amide bonds. The Bertz CT molecular complexity index is 557. The van der Waals surface area contributed by atoms with Crippen LogP contribution in [0, 0.1) is 40.4 Å². The standard InChI is InChI=1S/C26H46O2.C2H6.CH4/c1-5-20(27)8-6-7-18-10-12-22-21-11-9-19-17-24(2,28)15-16-26(19,4)23(21)13-14-25(18,22)3;1-2;/h18-23,27-28H,5-17H2,1-4H3;1-2H3;1H4/t18-,19?,20?,21?,22?,23?,24-,25?,26?;;/m0../s1. The van der Waals surface area contributed by atoms with Crippen LogP contribution in [0.25, 0.3) is 0 Å². The first-order valence-corrected chi connectivity index (χ1v) is 13.6. The van der Waals surface area contributed by atoms with Gasteiger partial charge >= 0.3 is 0 Å². The van der Waals surface area contributed by atoms with Crippen LogP contribution in [0.15, 0.2) is 0 Å². The van der Waals surface area contributed by atoms with Crippen LogP contribution in [0.1, 0.15) is 132 Å². The molecule has 0 aliphatic heterocycles. The summed E-state index contributed by atoms with van der Waals surface area (Å²) in [6, 6.07) is 0. The third kappa shape index (κ3) is 5.06. The van der Waals surface area contributed by atoms with Crippen LogP contribution in [0.3, 0.4) is 0 Å². The third-order valence-electron chi connectivity index (χ3n) is 10.7. The molecule has 31 heavy (non-hydrogen) atoms. The molecule has 0 aromatic heterocycles. The van der Waals surface area contributed by atoms with E-state index in [0.717, 1.165) is 55.3 Å². The maximum Gasteiger partial charge on any atom is 0.0622 e. The lowest BCUT2D eigenvalue weighted by molar-refractivity contribution is -0.146. The number of fused-ring (bicyclic) bond motifs is 5. The van der Waals surface area contributed by atoms with Gasteiger partial charge in [-0.05, 0) is 124 Å². The topological polar surface area (TPSA) is 40.5 Å². The first-order valence-electron chi connectivity index (χ1n) is 13.6. The second kappa shape index (κ2) is 10.5. The molecule has 4 rings (SSSR count). The van der Waals surface area contributed by atoms with Crippen LogP contribution < -0.4 is 0 Å². The van der Waals surface area contributed by atoms with Gasteiger partial charge in [0, 0.05) is 0 Å². The Balaban J connectivity index is 0.00000111. The predicted octanol–water partition coefficient (Wildman–Crippen LogP) is 8.00. The van der Waals surface area contributed by atoms with E-state index in [-0.39, 0.29) is 13.5 Å². The van der Waals surface area contributed by atoms with Gasteiger partial charge in [-0.2, -0.15) is 0 Å². The molecule has 9 atom stereocenters. The van der Waals surface area contributed by atoms with E-state index in [9.17, 15) is 10.2 Å². The summed E-state index contributed by atoms with van der Waals surface area (Å²) in [5, 5.41) is 20.6. The number of aliphatic hydroxyl groups is 2. The maximum atomic E-state index is 10.7. The summed E-state index contributed by atoms with van der Waals surface area (Å²) in [5.74, 6) is 4.41. The quantitative estimate of drug-likeness (QED) is 0.458. The fourth-order valence-corrected chi connectivity index (χ4v) is 8.82. The summed E-state index contributed by atoms with van der Waals surface area (Å²) in [6.45, 7) is 13.4. The van der Waals surface area contributed by atoms with E-state index in [4.69, 9.17) is 0 Å². The summed E-state index contributed by atoms with van der Waals surface area (Å²) in [6.07, 6.45) is 16.2. The first kappa shape index (κ1) is 27.2. The summed E-state index contributed by atoms with van der Waals surface area (Å²) >= 11 is 0. The number of rotatable bonds is 5. The minimum absolute atomic E-state index is 0. The van der Waals surface area contributed by atoms with Crippen molar-refractivity contribution >= 4 is 0 Å². The summed E-state index contributed by atoms with van der Waals surface area (Å²) in [7, 11) is 0. The van der Waals surface area contributed by atoms with Gasteiger partial charge in [-0.25, -0.2) is 0 Å². The SMILES string of the molecule is C.CC.CCC(O)CCC[C@H]1CCC2C3CCC4C[C@@](C)(O)CCC4(C)C3CCC21C. The minimum atomic E-state index is -0.415. The van der Waals surface area contributed by atoms with Gasteiger partial charge in [-0.3, -0.25) is 0 Å². The highest BCUT2D eigenvalue weighted by Crippen LogP contribution is 2.68. The van der Waals surface area contributed by atoms with Gasteiger partial charge in [-0.15, -0.1) is 0 Å². The van der Waals surface area contributed by atoms with Gasteiger partial charge in [0.2, 0.25) is 0 Å². The van der Waals surface area contributed by atoms with Crippen LogP contribution >= 0.6 is 0 Å². The predicted molar refractivity (Wildman–Crippen MR) is 134 cm³/mol. The zero-order valence-corrected chi connectivity index (χ0v) is 21.1. The molecule has 4 fully saturated rings. The molecule has 2 heteroatoms. The molecule has 0 radical (unpaired) electrons. The van der Waals surface area contributed by atoms with Crippen molar-refractivity contribution in [3.05, 3.63) is 0 Å². The molecule has 0 saturated heterocycles. The van der Waals surface area contributed by atoms with Crippen LogP contribution in [0.5, 0.6) is 0 Å². The lowest BCUT2D eigenvalue weighted by atomic mass is 9.44. The van der Waals surface area contributed by atoms with E-state index in [1.807, 2.05) is 13.8 Å². The van der Waals surface area contributed by atoms with Crippen molar-refractivity contribution in [1.82, 2.24) is 0 Å². The Kier molecular flexibility index (Phi) is 9.16. The van der Waals surface area contributed by atoms with E-state index >= 15 is 0 Å². The smallest absolute Gasteiger partial charge is 0.0622 e. The molecule has 0 heterocycles. The molecule has 0 bridgehead atoms. The lowest BCUT2D eigenvalue weighted by Crippen LogP contribution is -2.55. The molecule has 0 aromatic rings. The molecular formula is C29H56O2. The fourth-order valence-electron chi connectivity index (χ4n) is 8.82. The molecule has 4 aliphatic carbocycles. The summed E-state index contributed by atoms with van der Waals surface area (Å²) in [4.78, 5) is 0. The Labute approximate surface area is 195 Å². The normalized spacial score (nSPS) is 47.0. The van der Waals surface area contributed by atoms with Crippen molar-refractivity contribution in [3.63, 3.8) is 0 Å². The Morgan fingerprint density at radius 1 is 0.871 bits per heavy atom. The lowest BCUT2D eigenvalue weighted by Gasteiger charge is -2.62. The molecule has 0 aromatic carbocycles. The number of hydrogen-bond acceptors (Lipinski definition) is 2. The Morgan fingerprint density at radius 3 is 2.23 bits per heavy atom. The zero-order chi connectivity index (χ0) is 22.2. The monoisotopic (exact) mass is 436 g/mol. The average Bonchev–Trinajstić information content (AvgIpc) is 3.06. The highest BCUT2D eigenvalue weighted by atomic mass is 16.3. The van der Waals surface area contributed by atoms with Crippen LogP contribution in [0.4, 0.5) is 0 Å². The van der Waals surface area contributed by atoms with Crippen molar-refractivity contribution in [1.29, 1.82) is 0 Å². The van der Waals surface area contributed by atoms with Crippen LogP contribution in [-0.4, -0.2) is 21.9 Å². The Hall–Kier alpha value is -0.0800. The van der Waals surface area contributed by atoms with Crippen LogP contribution in [-0.2, 0) is 0 Å². The van der Waals surface area contributed by atoms with E-state index in [1.54, 1.807) is 0 Å². The molecular weight excluding hydrogens is 380 g/mol. The largest absolute Gasteiger partial charge is 0.393 e. The fraction of sp³-hybridized carbons (Fsp3) is 1.00. The second-order valence-electron chi connectivity index (χ2n) is 12.2. The minimum Gasteiger partial charge on any atom is -0.393 e. The van der Waals surface area contributed by atoms with Gasteiger partial charge in [0.25, 0.3) is 0 Å². The van der Waals surface area contributed by atoms with Gasteiger partial charge in [0.15, 0.2) is 0 Å². The van der Waals surface area contributed by atoms with Gasteiger partial charge in [-0.1, -0.05) is 48.5 Å². The number of aliphatic hydroxyl groups excluding tert-OH is 1. The maximum absolute atomic E-state index is 10.7. The van der Waals surface area contributed by atoms with Gasteiger partial charge in [0.1, 0.15) is 0 Å². The van der Waals surface area contributed by atoms with Crippen LogP contribution in [0.2, 0.25) is 0 Å². The average molecular weight is 437 g/mol. The van der Waals surface area contributed by atoms with E-state index in [2.05, 4.69) is 27.7 Å². The molecule has 4 aliphatic rings. The molecule has 7 unspecified atom stereocenters. The molecule has 0 spiro atoms. The Morgan fingerprint density at radius 2 is 1.55 bits per heavy atom. The highest BCUT2D eigenvalue weighted by molar-refractivity contribution is 5.10. The van der Waals surface area contributed by atoms with E-state index in [1.165, 1.54) is 57.8 Å². The van der Waals surface area contributed by atoms with E-state index in [0.29, 0.717) is 10.8 Å². The summed E-state index contributed by atoms with van der Waals surface area (Å²) in [5.41, 5.74) is 0.624. The molecule has 2 N–H and O–H groups in total. The second-order valence-corrected chi connectivity index (χ2v) is 12.2. The summed E-state index contributed by atoms with van der Waals surface area (Å²) < 4.78 is 0. The zero-order valence-electron chi connectivity index (χ0n) is 21.1. The van der Waals surface area contributed by atoms with E-state index < -0.39 is 5.60 Å². The number of hydrogen-bond donors (Lipinski definition) is 2. The molecule has 4 saturated carbocycles. The highest BCUT2D eigenvalue weighted by Gasteiger charge is 2.60. The molecule has 184 valence electrons. The van der Waals surface area contributed by atoms with Crippen molar-refractivity contribution in [3.8, 4) is 0 Å². The van der Waals surface area contributed by atoms with Crippen molar-refractivity contribution in [2.75, 3.05) is 0 Å². The van der Waals surface area contributed by atoms with Crippen molar-refractivity contribution in [2.24, 2.45) is 40.4 Å². The third-order valence-corrected chi connectivity index (χ3v) is 10.7. The van der Waals surface area contributed by atoms with Gasteiger partial charge < -0.3 is 10.2 Å². The first-order chi connectivity index (χ1) is 14.2. The van der Waals surface area contributed by atoms with Gasteiger partial charge in [0.05, 0.1) is 11.7 Å². The van der Waals surface area contributed by atoms with Crippen molar-refractivity contribution < 1.29 is 10.2 Å². The molecule has 2 nitrogen and oxygen atoms in total.